The SMILES string of the molecule is O=C(Cc1ccccc1)N[C@@H]1CCS(=O)(=O)[C@@H]2CN(Cc3ccc(Cl)s3)C[C@@H]21. The van der Waals surface area contributed by atoms with Gasteiger partial charge in [0.2, 0.25) is 5.91 Å². The van der Waals surface area contributed by atoms with E-state index >= 15 is 0 Å². The van der Waals surface area contributed by atoms with E-state index in [0.717, 1.165) is 14.8 Å². The van der Waals surface area contributed by atoms with Crippen molar-refractivity contribution in [3.8, 4) is 0 Å². The molecule has 4 rings (SSSR count). The number of rotatable bonds is 5. The van der Waals surface area contributed by atoms with Gasteiger partial charge in [-0.3, -0.25) is 9.69 Å². The maximum Gasteiger partial charge on any atom is 0.224 e. The minimum atomic E-state index is -3.12. The number of carbonyl (C=O) groups excluding carboxylic acids is 1. The van der Waals surface area contributed by atoms with Crippen LogP contribution < -0.4 is 5.32 Å². The van der Waals surface area contributed by atoms with Crippen LogP contribution in [0.2, 0.25) is 4.34 Å². The Morgan fingerprint density at radius 2 is 1.96 bits per heavy atom. The number of benzene rings is 1. The zero-order valence-corrected chi connectivity index (χ0v) is 17.8. The molecule has 150 valence electrons. The van der Waals surface area contributed by atoms with Crippen molar-refractivity contribution in [1.29, 1.82) is 0 Å². The van der Waals surface area contributed by atoms with Crippen LogP contribution in [0.25, 0.3) is 0 Å². The monoisotopic (exact) mass is 438 g/mol. The van der Waals surface area contributed by atoms with Gasteiger partial charge in [-0.15, -0.1) is 11.3 Å². The molecule has 28 heavy (non-hydrogen) atoms. The van der Waals surface area contributed by atoms with Crippen molar-refractivity contribution in [2.24, 2.45) is 5.92 Å². The highest BCUT2D eigenvalue weighted by Crippen LogP contribution is 2.34. The van der Waals surface area contributed by atoms with Crippen molar-refractivity contribution in [2.45, 2.75) is 30.7 Å². The summed E-state index contributed by atoms with van der Waals surface area (Å²) in [5.41, 5.74) is 0.961. The third-order valence-electron chi connectivity index (χ3n) is 5.64. The zero-order chi connectivity index (χ0) is 19.7. The van der Waals surface area contributed by atoms with Crippen LogP contribution >= 0.6 is 22.9 Å². The highest BCUT2D eigenvalue weighted by Gasteiger charge is 2.48. The standard InChI is InChI=1S/C20H23ClN2O3S2/c21-19-7-6-15(27-19)11-23-12-16-17(8-9-28(25,26)18(16)13-23)22-20(24)10-14-4-2-1-3-5-14/h1-7,16-18H,8-13H2,(H,22,24)/t16-,17-,18-/m1/s1. The third-order valence-corrected chi connectivity index (χ3v) is 9.08. The molecule has 1 aromatic heterocycles. The van der Waals surface area contributed by atoms with Crippen LogP contribution in [0.3, 0.4) is 0 Å². The molecule has 8 heteroatoms. The first kappa shape index (κ1) is 19.9. The smallest absolute Gasteiger partial charge is 0.224 e. The van der Waals surface area contributed by atoms with Crippen LogP contribution in [-0.4, -0.2) is 49.4 Å². The fourth-order valence-electron chi connectivity index (χ4n) is 4.31. The predicted octanol–water partition coefficient (Wildman–Crippen LogP) is 2.75. The van der Waals surface area contributed by atoms with Gasteiger partial charge in [-0.05, 0) is 24.1 Å². The summed E-state index contributed by atoms with van der Waals surface area (Å²) in [7, 11) is -3.12. The largest absolute Gasteiger partial charge is 0.353 e. The van der Waals surface area contributed by atoms with E-state index in [0.29, 0.717) is 32.5 Å². The number of hydrogen-bond acceptors (Lipinski definition) is 5. The van der Waals surface area contributed by atoms with E-state index in [4.69, 9.17) is 11.6 Å². The molecule has 1 amide bonds. The highest BCUT2D eigenvalue weighted by atomic mass is 35.5. The van der Waals surface area contributed by atoms with E-state index in [1.165, 1.54) is 11.3 Å². The second-order valence-corrected chi connectivity index (χ2v) is 11.7. The van der Waals surface area contributed by atoms with E-state index in [9.17, 15) is 13.2 Å². The Morgan fingerprint density at radius 1 is 1.18 bits per heavy atom. The van der Waals surface area contributed by atoms with E-state index in [1.54, 1.807) is 0 Å². The molecule has 2 aliphatic heterocycles. The molecule has 2 saturated heterocycles. The Kier molecular flexibility index (Phi) is 5.78. The summed E-state index contributed by atoms with van der Waals surface area (Å²) in [6, 6.07) is 13.4. The van der Waals surface area contributed by atoms with Crippen LogP contribution in [-0.2, 0) is 27.6 Å². The fraction of sp³-hybridized carbons (Fsp3) is 0.450. The third kappa shape index (κ3) is 4.43. The van der Waals surface area contributed by atoms with Gasteiger partial charge in [-0.25, -0.2) is 8.42 Å². The van der Waals surface area contributed by atoms with Gasteiger partial charge in [0.1, 0.15) is 0 Å². The van der Waals surface area contributed by atoms with Crippen LogP contribution in [0.4, 0.5) is 0 Å². The average molecular weight is 439 g/mol. The summed E-state index contributed by atoms with van der Waals surface area (Å²) >= 11 is 7.54. The Labute approximate surface area is 174 Å². The molecule has 5 nitrogen and oxygen atoms in total. The number of hydrogen-bond donors (Lipinski definition) is 1. The summed E-state index contributed by atoms with van der Waals surface area (Å²) in [4.78, 5) is 15.8. The molecule has 3 heterocycles. The number of halogens is 1. The maximum atomic E-state index is 12.6. The quantitative estimate of drug-likeness (QED) is 0.779. The lowest BCUT2D eigenvalue weighted by atomic mass is 9.95. The molecule has 0 radical (unpaired) electrons. The zero-order valence-electron chi connectivity index (χ0n) is 15.4. The van der Waals surface area contributed by atoms with Crippen LogP contribution in [0.1, 0.15) is 16.9 Å². The fourth-order valence-corrected chi connectivity index (χ4v) is 7.57. The van der Waals surface area contributed by atoms with Gasteiger partial charge in [0.05, 0.1) is 21.8 Å². The summed E-state index contributed by atoms with van der Waals surface area (Å²) in [5.74, 6) is 0.0370. The molecule has 0 unspecified atom stereocenters. The minimum Gasteiger partial charge on any atom is -0.353 e. The molecule has 2 aromatic rings. The van der Waals surface area contributed by atoms with Crippen molar-refractivity contribution in [3.63, 3.8) is 0 Å². The van der Waals surface area contributed by atoms with Crippen molar-refractivity contribution < 1.29 is 13.2 Å². The normalized spacial score (nSPS) is 26.7. The van der Waals surface area contributed by atoms with Crippen molar-refractivity contribution >= 4 is 38.7 Å². The van der Waals surface area contributed by atoms with Gasteiger partial charge in [-0.2, -0.15) is 0 Å². The second kappa shape index (κ2) is 8.14. The Morgan fingerprint density at radius 3 is 2.68 bits per heavy atom. The summed E-state index contributed by atoms with van der Waals surface area (Å²) in [6.07, 6.45) is 0.807. The van der Waals surface area contributed by atoms with Crippen molar-refractivity contribution in [3.05, 3.63) is 57.2 Å². The van der Waals surface area contributed by atoms with Crippen molar-refractivity contribution in [1.82, 2.24) is 10.2 Å². The molecule has 2 aliphatic rings. The van der Waals surface area contributed by atoms with Gasteiger partial charge in [0.25, 0.3) is 0 Å². The van der Waals surface area contributed by atoms with Gasteiger partial charge >= 0.3 is 0 Å². The lowest BCUT2D eigenvalue weighted by Gasteiger charge is -2.33. The lowest BCUT2D eigenvalue weighted by molar-refractivity contribution is -0.121. The van der Waals surface area contributed by atoms with Gasteiger partial charge in [0, 0.05) is 36.5 Å². The molecule has 2 fully saturated rings. The number of amides is 1. The maximum absolute atomic E-state index is 12.6. The predicted molar refractivity (Wildman–Crippen MR) is 112 cm³/mol. The lowest BCUT2D eigenvalue weighted by Crippen LogP contribution is -2.52. The molecule has 0 aliphatic carbocycles. The van der Waals surface area contributed by atoms with Gasteiger partial charge in [0.15, 0.2) is 9.84 Å². The van der Waals surface area contributed by atoms with Gasteiger partial charge in [-0.1, -0.05) is 41.9 Å². The Bertz CT molecular complexity index is 945. The molecular formula is C20H23ClN2O3S2. The first-order valence-corrected chi connectivity index (χ1v) is 12.3. The summed E-state index contributed by atoms with van der Waals surface area (Å²) in [5, 5.41) is 2.71. The molecule has 3 atom stereocenters. The summed E-state index contributed by atoms with van der Waals surface area (Å²) in [6.45, 7) is 1.90. The molecule has 0 spiro atoms. The van der Waals surface area contributed by atoms with Crippen molar-refractivity contribution in [2.75, 3.05) is 18.8 Å². The number of likely N-dealkylation sites (tertiary alicyclic amines) is 1. The second-order valence-electron chi connectivity index (χ2n) is 7.59. The number of thiophene rings is 1. The Hall–Kier alpha value is -1.41. The highest BCUT2D eigenvalue weighted by molar-refractivity contribution is 7.92. The van der Waals surface area contributed by atoms with Crippen LogP contribution in [0.15, 0.2) is 42.5 Å². The van der Waals surface area contributed by atoms with E-state index in [-0.39, 0.29) is 23.6 Å². The van der Waals surface area contributed by atoms with E-state index in [1.807, 2.05) is 42.5 Å². The van der Waals surface area contributed by atoms with Crippen LogP contribution in [0, 0.1) is 5.92 Å². The number of carbonyl (C=O) groups is 1. The van der Waals surface area contributed by atoms with E-state index in [2.05, 4.69) is 10.2 Å². The van der Waals surface area contributed by atoms with Crippen LogP contribution in [0.5, 0.6) is 0 Å². The number of nitrogens with one attached hydrogen (secondary N) is 1. The molecule has 0 saturated carbocycles. The number of sulfone groups is 1. The number of nitrogens with zero attached hydrogens (tertiary/aromatic N) is 1. The van der Waals surface area contributed by atoms with E-state index < -0.39 is 15.1 Å². The Balaban J connectivity index is 1.43. The van der Waals surface area contributed by atoms with Gasteiger partial charge < -0.3 is 5.32 Å². The first-order valence-electron chi connectivity index (χ1n) is 9.42. The number of fused-ring (bicyclic) bond motifs is 1. The average Bonchev–Trinajstić information content (AvgIpc) is 3.26. The molecule has 1 aromatic carbocycles. The summed E-state index contributed by atoms with van der Waals surface area (Å²) < 4.78 is 26.0. The molecule has 1 N–H and O–H groups in total. The minimum absolute atomic E-state index is 0.0438. The first-order chi connectivity index (χ1) is 13.4. The molecule has 0 bridgehead atoms. The topological polar surface area (TPSA) is 66.5 Å². The molecular weight excluding hydrogens is 416 g/mol.